The summed E-state index contributed by atoms with van der Waals surface area (Å²) in [5.74, 6) is 0.940. The number of piperidine rings is 2. The van der Waals surface area contributed by atoms with Gasteiger partial charge >= 0.3 is 0 Å². The van der Waals surface area contributed by atoms with E-state index in [1.54, 1.807) is 35.1 Å². The van der Waals surface area contributed by atoms with E-state index in [4.69, 9.17) is 4.74 Å². The van der Waals surface area contributed by atoms with Crippen molar-refractivity contribution in [1.29, 1.82) is 0 Å². The molecule has 3 aliphatic heterocycles. The van der Waals surface area contributed by atoms with Gasteiger partial charge in [-0.2, -0.15) is 5.10 Å². The van der Waals surface area contributed by atoms with Crippen molar-refractivity contribution in [1.82, 2.24) is 39.8 Å². The van der Waals surface area contributed by atoms with Crippen LogP contribution in [0.2, 0.25) is 0 Å². The first-order valence-corrected chi connectivity index (χ1v) is 19.4. The highest BCUT2D eigenvalue weighted by Crippen LogP contribution is 2.37. The fraction of sp³-hybridized carbons (Fsp3) is 0.375. The van der Waals surface area contributed by atoms with Crippen LogP contribution in [0.1, 0.15) is 60.1 Å². The molecule has 2 N–H and O–H groups in total. The number of H-pyrrole nitrogens is 1. The number of aromatic amines is 1. The summed E-state index contributed by atoms with van der Waals surface area (Å²) in [7, 11) is 1.86. The van der Waals surface area contributed by atoms with Crippen LogP contribution in [-0.2, 0) is 21.4 Å². The van der Waals surface area contributed by atoms with Crippen LogP contribution in [0, 0.1) is 12.8 Å². The number of likely N-dealkylation sites (tertiary alicyclic amines) is 1. The zero-order valence-electron chi connectivity index (χ0n) is 30.9. The van der Waals surface area contributed by atoms with Gasteiger partial charge in [-0.3, -0.25) is 29.2 Å². The number of halogens is 1. The second kappa shape index (κ2) is 14.9. The molecule has 5 aromatic rings. The summed E-state index contributed by atoms with van der Waals surface area (Å²) in [6.45, 7) is 7.08. The van der Waals surface area contributed by atoms with Crippen LogP contribution in [0.5, 0.6) is 11.5 Å². The number of benzene rings is 2. The van der Waals surface area contributed by atoms with Gasteiger partial charge in [-0.25, -0.2) is 9.97 Å². The second-order valence-electron chi connectivity index (χ2n) is 14.6. The van der Waals surface area contributed by atoms with E-state index in [-0.39, 0.29) is 41.5 Å². The van der Waals surface area contributed by atoms with Gasteiger partial charge in [0.2, 0.25) is 17.7 Å². The lowest BCUT2D eigenvalue weighted by molar-refractivity contribution is -0.139. The van der Waals surface area contributed by atoms with E-state index in [1.165, 1.54) is 0 Å². The lowest BCUT2D eigenvalue weighted by atomic mass is 9.90. The highest BCUT2D eigenvalue weighted by atomic mass is 79.9. The minimum absolute atomic E-state index is 0.0287. The van der Waals surface area contributed by atoms with Gasteiger partial charge in [0.15, 0.2) is 11.4 Å². The number of amides is 4. The third-order valence-corrected chi connectivity index (χ3v) is 11.5. The molecule has 15 heteroatoms. The molecule has 0 radical (unpaired) electrons. The number of imide groups is 1. The monoisotopic (exact) mass is 807 g/mol. The number of fused-ring (bicyclic) bond motifs is 1. The Bertz CT molecular complexity index is 2280. The fourth-order valence-corrected chi connectivity index (χ4v) is 8.33. The standard InChI is InChI=1S/C40H42BrN9O5/c1-23-21-49(28-8-4-25(5-9-28)30-12-13-33(51)43-38(30)52)18-19-50(23)40(54)27-14-16-48(17-15-27)39(53)26-6-10-29(11-7-26)55-35-32(41)20-42-37-34(35)44-36(45-37)31-22-47(3)46-24(31)2/h4-11,20,22-23,27,30H,12-19,21H2,1-3H3,(H,42,44,45)(H,43,51,52)/t23-,30+/m1/s1. The number of anilines is 1. The molecule has 2 atom stereocenters. The first-order valence-electron chi connectivity index (χ1n) is 18.6. The minimum Gasteiger partial charge on any atom is -0.454 e. The maximum Gasteiger partial charge on any atom is 0.253 e. The Hall–Kier alpha value is -5.57. The smallest absolute Gasteiger partial charge is 0.253 e. The number of carbonyl (C=O) groups excluding carboxylic acids is 4. The molecule has 8 rings (SSSR count). The quantitative estimate of drug-likeness (QED) is 0.208. The minimum atomic E-state index is -0.310. The SMILES string of the molecule is Cc1nn(C)cc1-c1nc2ncc(Br)c(Oc3ccc(C(=O)N4CCC(C(=O)N5CCN(c6ccc([C@@H]7CCC(=O)NC7=O)cc6)C[C@H]5C)CC4)cc3)c2[nH]1. The van der Waals surface area contributed by atoms with Gasteiger partial charge in [0, 0.05) is 81.8 Å². The second-order valence-corrected chi connectivity index (χ2v) is 15.5. The van der Waals surface area contributed by atoms with Crippen LogP contribution in [0.4, 0.5) is 5.69 Å². The highest BCUT2D eigenvalue weighted by Gasteiger charge is 2.35. The van der Waals surface area contributed by atoms with Gasteiger partial charge in [-0.15, -0.1) is 0 Å². The van der Waals surface area contributed by atoms with Gasteiger partial charge < -0.3 is 24.4 Å². The van der Waals surface area contributed by atoms with E-state index >= 15 is 0 Å². The number of pyridine rings is 1. The Morgan fingerprint density at radius 1 is 0.964 bits per heavy atom. The maximum absolute atomic E-state index is 13.7. The number of nitrogens with one attached hydrogen (secondary N) is 2. The topological polar surface area (TPSA) is 159 Å². The molecule has 3 aliphatic rings. The summed E-state index contributed by atoms with van der Waals surface area (Å²) < 4.78 is 8.69. The van der Waals surface area contributed by atoms with E-state index in [1.807, 2.05) is 54.2 Å². The Kier molecular flexibility index (Phi) is 9.88. The number of aromatic nitrogens is 5. The van der Waals surface area contributed by atoms with Crippen molar-refractivity contribution in [3.63, 3.8) is 0 Å². The Morgan fingerprint density at radius 3 is 2.38 bits per heavy atom. The zero-order valence-corrected chi connectivity index (χ0v) is 32.5. The van der Waals surface area contributed by atoms with Gasteiger partial charge in [0.1, 0.15) is 17.1 Å². The number of imidazole rings is 1. The third-order valence-electron chi connectivity index (χ3n) is 11.0. The van der Waals surface area contributed by atoms with Gasteiger partial charge in [-0.05, 0) is 91.0 Å². The molecule has 55 heavy (non-hydrogen) atoms. The van der Waals surface area contributed by atoms with E-state index in [2.05, 4.69) is 53.1 Å². The average Bonchev–Trinajstić information content (AvgIpc) is 3.77. The molecule has 0 saturated carbocycles. The van der Waals surface area contributed by atoms with Crippen molar-refractivity contribution in [3.05, 3.63) is 82.2 Å². The van der Waals surface area contributed by atoms with E-state index < -0.39 is 0 Å². The molecule has 4 amide bonds. The van der Waals surface area contributed by atoms with Crippen LogP contribution in [-0.4, -0.2) is 96.9 Å². The molecular formula is C40H42BrN9O5. The van der Waals surface area contributed by atoms with E-state index in [9.17, 15) is 19.2 Å². The predicted octanol–water partition coefficient (Wildman–Crippen LogP) is 5.33. The molecule has 0 spiro atoms. The fourth-order valence-electron chi connectivity index (χ4n) is 7.95. The van der Waals surface area contributed by atoms with Gasteiger partial charge in [0.05, 0.1) is 21.6 Å². The number of hydrogen-bond acceptors (Lipinski definition) is 9. The number of piperazine rings is 1. The van der Waals surface area contributed by atoms with E-state index in [0.717, 1.165) is 22.5 Å². The molecule has 0 unspecified atom stereocenters. The van der Waals surface area contributed by atoms with Crippen molar-refractivity contribution in [2.45, 2.75) is 51.5 Å². The summed E-state index contributed by atoms with van der Waals surface area (Å²) in [5.41, 5.74) is 5.38. The molecule has 3 aromatic heterocycles. The molecule has 14 nitrogen and oxygen atoms in total. The van der Waals surface area contributed by atoms with Crippen molar-refractivity contribution in [2.24, 2.45) is 13.0 Å². The highest BCUT2D eigenvalue weighted by molar-refractivity contribution is 9.10. The van der Waals surface area contributed by atoms with Crippen molar-refractivity contribution >= 4 is 56.4 Å². The maximum atomic E-state index is 13.7. The number of aryl methyl sites for hydroxylation is 2. The molecule has 3 saturated heterocycles. The lowest BCUT2D eigenvalue weighted by Gasteiger charge is -2.43. The number of hydrogen-bond donors (Lipinski definition) is 2. The molecule has 0 aliphatic carbocycles. The van der Waals surface area contributed by atoms with Crippen LogP contribution >= 0.6 is 15.9 Å². The summed E-state index contributed by atoms with van der Waals surface area (Å²) in [4.78, 5) is 69.6. The summed E-state index contributed by atoms with van der Waals surface area (Å²) >= 11 is 3.56. The first kappa shape index (κ1) is 36.4. The molecular weight excluding hydrogens is 766 g/mol. The number of carbonyl (C=O) groups is 4. The van der Waals surface area contributed by atoms with Crippen molar-refractivity contribution in [2.75, 3.05) is 37.6 Å². The molecule has 2 aromatic carbocycles. The normalized spacial score (nSPS) is 19.5. The Balaban J connectivity index is 0.842. The Morgan fingerprint density at radius 2 is 1.71 bits per heavy atom. The van der Waals surface area contributed by atoms with Crippen LogP contribution in [0.25, 0.3) is 22.6 Å². The van der Waals surface area contributed by atoms with Gasteiger partial charge in [0.25, 0.3) is 5.91 Å². The first-order chi connectivity index (χ1) is 26.5. The summed E-state index contributed by atoms with van der Waals surface area (Å²) in [6, 6.07) is 15.1. The molecule has 6 heterocycles. The average molecular weight is 809 g/mol. The van der Waals surface area contributed by atoms with Crippen LogP contribution in [0.15, 0.2) is 65.4 Å². The largest absolute Gasteiger partial charge is 0.454 e. The summed E-state index contributed by atoms with van der Waals surface area (Å²) in [5, 5.41) is 6.85. The van der Waals surface area contributed by atoms with Gasteiger partial charge in [-0.1, -0.05) is 12.1 Å². The number of nitrogens with zero attached hydrogens (tertiary/aromatic N) is 7. The van der Waals surface area contributed by atoms with Crippen molar-refractivity contribution < 1.29 is 23.9 Å². The lowest BCUT2D eigenvalue weighted by Crippen LogP contribution is -2.56. The third kappa shape index (κ3) is 7.32. The summed E-state index contributed by atoms with van der Waals surface area (Å²) in [6.07, 6.45) is 5.67. The molecule has 284 valence electrons. The van der Waals surface area contributed by atoms with Crippen molar-refractivity contribution in [3.8, 4) is 22.9 Å². The molecule has 0 bridgehead atoms. The number of ether oxygens (including phenoxy) is 1. The Labute approximate surface area is 326 Å². The van der Waals surface area contributed by atoms with Crippen LogP contribution < -0.4 is 15.0 Å². The van der Waals surface area contributed by atoms with Crippen LogP contribution in [0.3, 0.4) is 0 Å². The van der Waals surface area contributed by atoms with E-state index in [0.29, 0.717) is 96.9 Å². The predicted molar refractivity (Wildman–Crippen MR) is 209 cm³/mol. The molecule has 3 fully saturated rings. The number of rotatable bonds is 7. The zero-order chi connectivity index (χ0) is 38.4.